The fourth-order valence-corrected chi connectivity index (χ4v) is 9.27. The van der Waals surface area contributed by atoms with Crippen LogP contribution in [0.15, 0.2) is 40.0 Å². The normalized spacial score (nSPS) is 25.3. The zero-order valence-corrected chi connectivity index (χ0v) is 26.6. The number of carbonyl (C=O) groups excluding carboxylic acids is 1. The van der Waals surface area contributed by atoms with Gasteiger partial charge in [0.1, 0.15) is 6.04 Å². The van der Waals surface area contributed by atoms with Crippen molar-refractivity contribution in [2.24, 2.45) is 22.2 Å². The summed E-state index contributed by atoms with van der Waals surface area (Å²) in [5, 5.41) is 14.3. The highest BCUT2D eigenvalue weighted by Crippen LogP contribution is 2.43. The number of amidine groups is 1. The molecule has 15 heteroatoms. The van der Waals surface area contributed by atoms with E-state index >= 15 is 0 Å². The Morgan fingerprint density at radius 1 is 1.20 bits per heavy atom. The van der Waals surface area contributed by atoms with Crippen LogP contribution in [0.5, 0.6) is 0 Å². The van der Waals surface area contributed by atoms with Crippen molar-refractivity contribution in [2.75, 3.05) is 26.0 Å². The van der Waals surface area contributed by atoms with E-state index in [4.69, 9.17) is 16.3 Å². The molecule has 1 saturated heterocycles. The molecule has 10 nitrogen and oxygen atoms in total. The molecule has 0 bridgehead atoms. The third-order valence-corrected chi connectivity index (χ3v) is 12.2. The molecule has 0 amide bonds. The summed E-state index contributed by atoms with van der Waals surface area (Å²) in [5.74, 6) is -4.50. The number of esters is 1. The molecule has 1 aliphatic carbocycles. The Morgan fingerprint density at radius 2 is 1.89 bits per heavy atom. The number of hydrogen-bond donors (Lipinski definition) is 2. The van der Waals surface area contributed by atoms with Crippen molar-refractivity contribution in [1.82, 2.24) is 14.6 Å². The first kappa shape index (κ1) is 32.5. The maximum Gasteiger partial charge on any atom is 0.338 e. The molecule has 1 unspecified atom stereocenters. The first-order chi connectivity index (χ1) is 20.8. The van der Waals surface area contributed by atoms with Crippen molar-refractivity contribution >= 4 is 50.7 Å². The van der Waals surface area contributed by atoms with Crippen LogP contribution >= 0.6 is 22.9 Å². The van der Waals surface area contributed by atoms with Gasteiger partial charge in [-0.2, -0.15) is 0 Å². The minimum atomic E-state index is -3.65. The molecule has 5 rings (SSSR count). The number of carboxylic acids is 1. The number of hydrogen-bond acceptors (Lipinski definition) is 9. The minimum absolute atomic E-state index is 0.0665. The van der Waals surface area contributed by atoms with Crippen molar-refractivity contribution < 1.29 is 36.6 Å². The molecule has 1 saturated carbocycles. The van der Waals surface area contributed by atoms with Gasteiger partial charge in [0.25, 0.3) is 0 Å². The number of allylic oxidation sites excluding steroid dienone is 1. The number of nitrogens with one attached hydrogen (secondary N) is 1. The lowest BCUT2D eigenvalue weighted by Crippen LogP contribution is -2.46. The lowest BCUT2D eigenvalue weighted by molar-refractivity contribution is -0.143. The van der Waals surface area contributed by atoms with E-state index in [-0.39, 0.29) is 35.9 Å². The van der Waals surface area contributed by atoms with Crippen LogP contribution in [0.3, 0.4) is 0 Å². The smallest absolute Gasteiger partial charge is 0.338 e. The third-order valence-electron chi connectivity index (χ3n) is 8.80. The highest BCUT2D eigenvalue weighted by atomic mass is 35.5. The Bertz CT molecular complexity index is 1600. The Kier molecular flexibility index (Phi) is 9.45. The van der Waals surface area contributed by atoms with E-state index in [1.54, 1.807) is 11.6 Å². The molecule has 2 aliphatic heterocycles. The number of aliphatic carboxylic acids is 1. The van der Waals surface area contributed by atoms with Gasteiger partial charge in [-0.3, -0.25) is 9.79 Å². The summed E-state index contributed by atoms with van der Waals surface area (Å²) >= 11 is 7.53. The van der Waals surface area contributed by atoms with E-state index in [2.05, 4.69) is 15.3 Å². The molecule has 0 radical (unpaired) electrons. The molecule has 238 valence electrons. The minimum Gasteiger partial charge on any atom is -0.481 e. The number of methoxy groups -OCH3 is 1. The second-order valence-corrected chi connectivity index (χ2v) is 15.0. The average molecular weight is 671 g/mol. The number of aromatic nitrogens is 1. The molecule has 2 N–H and O–H groups in total. The number of thiazole rings is 1. The first-order valence-electron chi connectivity index (χ1n) is 14.2. The maximum atomic E-state index is 14.6. The molecule has 2 aromatic rings. The van der Waals surface area contributed by atoms with Crippen molar-refractivity contribution in [3.63, 3.8) is 0 Å². The SMILES string of the molecule is COC(=O)C1=C(C2CCN(S(=O)(=O)C[C@]3(C)CC[C@@H](C(=O)O)CC3)CC2)NC(c2nccs2)=NC1c1ccc(F)c(F)c1Cl. The van der Waals surface area contributed by atoms with E-state index in [0.29, 0.717) is 55.1 Å². The summed E-state index contributed by atoms with van der Waals surface area (Å²) in [6, 6.07) is 1.06. The van der Waals surface area contributed by atoms with Crippen molar-refractivity contribution in [2.45, 2.75) is 51.5 Å². The van der Waals surface area contributed by atoms with Crippen LogP contribution in [-0.2, 0) is 24.3 Å². The van der Waals surface area contributed by atoms with Gasteiger partial charge >= 0.3 is 11.9 Å². The lowest BCUT2D eigenvalue weighted by atomic mass is 9.73. The van der Waals surface area contributed by atoms with Crippen LogP contribution < -0.4 is 5.32 Å². The molecule has 44 heavy (non-hydrogen) atoms. The summed E-state index contributed by atoms with van der Waals surface area (Å²) in [5.41, 5.74) is 0.0804. The van der Waals surface area contributed by atoms with E-state index in [9.17, 15) is 31.9 Å². The second-order valence-electron chi connectivity index (χ2n) is 11.8. The summed E-state index contributed by atoms with van der Waals surface area (Å²) < 4.78 is 62.2. The summed E-state index contributed by atoms with van der Waals surface area (Å²) in [6.07, 6.45) is 4.25. The van der Waals surface area contributed by atoms with E-state index in [0.717, 1.165) is 6.07 Å². The van der Waals surface area contributed by atoms with Gasteiger partial charge in [-0.15, -0.1) is 11.3 Å². The second kappa shape index (κ2) is 12.8. The standard InChI is InChI=1S/C29H33ClF2N4O6S2/c1-29(9-5-17(6-10-29)27(37)38)15-44(40,41)36-12-7-16(8-13-36)23-20(28(39)42-2)24(18-3-4-19(31)22(32)21(18)30)35-25(34-23)26-33-11-14-43-26/h3-4,11,14,16-17,24H,5-10,12-13,15H2,1-2H3,(H,34,35)(H,37,38)/t17-,24?,29-. The fraction of sp³-hybridized carbons (Fsp3) is 0.517. The number of nitrogens with zero attached hydrogens (tertiary/aromatic N) is 3. The predicted molar refractivity (Wildman–Crippen MR) is 161 cm³/mol. The van der Waals surface area contributed by atoms with Gasteiger partial charge in [0.15, 0.2) is 22.5 Å². The molecule has 1 aromatic carbocycles. The van der Waals surface area contributed by atoms with E-state index in [1.165, 1.54) is 28.8 Å². The van der Waals surface area contributed by atoms with Gasteiger partial charge in [-0.1, -0.05) is 24.6 Å². The largest absolute Gasteiger partial charge is 0.481 e. The number of aliphatic imine (C=N–C) groups is 1. The zero-order valence-electron chi connectivity index (χ0n) is 24.2. The zero-order chi connectivity index (χ0) is 31.8. The molecular formula is C29H33ClF2N4O6S2. The molecule has 0 spiro atoms. The number of benzene rings is 1. The van der Waals surface area contributed by atoms with E-state index in [1.807, 2.05) is 6.92 Å². The summed E-state index contributed by atoms with van der Waals surface area (Å²) in [6.45, 7) is 2.29. The Labute approximate surface area is 263 Å². The number of ether oxygens (including phenoxy) is 1. The molecule has 1 aromatic heterocycles. The molecule has 1 atom stereocenters. The summed E-state index contributed by atoms with van der Waals surface area (Å²) in [7, 11) is -2.45. The van der Waals surface area contributed by atoms with Gasteiger partial charge in [-0.05, 0) is 50.0 Å². The number of carboxylic acid groups (broad SMARTS) is 1. The van der Waals surface area contributed by atoms with Crippen LogP contribution in [0, 0.1) is 28.9 Å². The van der Waals surface area contributed by atoms with Crippen molar-refractivity contribution in [3.8, 4) is 0 Å². The van der Waals surface area contributed by atoms with Gasteiger partial charge < -0.3 is 15.2 Å². The molecule has 3 aliphatic rings. The topological polar surface area (TPSA) is 138 Å². The molecule has 2 fully saturated rings. The van der Waals surface area contributed by atoms with Crippen LogP contribution in [0.1, 0.15) is 62.1 Å². The number of carbonyl (C=O) groups is 2. The fourth-order valence-electron chi connectivity index (χ4n) is 6.31. The highest BCUT2D eigenvalue weighted by molar-refractivity contribution is 7.89. The Morgan fingerprint density at radius 3 is 2.48 bits per heavy atom. The van der Waals surface area contributed by atoms with Crippen LogP contribution in [0.4, 0.5) is 8.78 Å². The van der Waals surface area contributed by atoms with Gasteiger partial charge in [-0.25, -0.2) is 31.3 Å². The number of rotatable bonds is 8. The van der Waals surface area contributed by atoms with E-state index < -0.39 is 56.0 Å². The average Bonchev–Trinajstić information content (AvgIpc) is 3.54. The number of halogens is 3. The highest BCUT2D eigenvalue weighted by Gasteiger charge is 2.42. The van der Waals surface area contributed by atoms with Gasteiger partial charge in [0.2, 0.25) is 10.0 Å². The number of piperidine rings is 1. The Balaban J connectivity index is 1.42. The van der Waals surface area contributed by atoms with Crippen molar-refractivity contribution in [3.05, 3.63) is 62.2 Å². The van der Waals surface area contributed by atoms with Gasteiger partial charge in [0, 0.05) is 41.8 Å². The van der Waals surface area contributed by atoms with Crippen molar-refractivity contribution in [1.29, 1.82) is 0 Å². The Hall–Kier alpha value is -2.94. The molecule has 3 heterocycles. The molecular weight excluding hydrogens is 638 g/mol. The van der Waals surface area contributed by atoms with Crippen LogP contribution in [-0.4, -0.2) is 66.5 Å². The maximum absolute atomic E-state index is 14.6. The monoisotopic (exact) mass is 670 g/mol. The first-order valence-corrected chi connectivity index (χ1v) is 17.1. The van der Waals surface area contributed by atoms with Crippen LogP contribution in [0.2, 0.25) is 5.02 Å². The lowest BCUT2D eigenvalue weighted by Gasteiger charge is -2.39. The predicted octanol–water partition coefficient (Wildman–Crippen LogP) is 4.92. The van der Waals surface area contributed by atoms with Gasteiger partial charge in [0.05, 0.1) is 29.4 Å². The third kappa shape index (κ3) is 6.53. The van der Waals surface area contributed by atoms with Crippen LogP contribution in [0.25, 0.3) is 0 Å². The summed E-state index contributed by atoms with van der Waals surface area (Å²) in [4.78, 5) is 33.6. The quantitative estimate of drug-likeness (QED) is 0.298. The number of sulfonamides is 1.